The highest BCUT2D eigenvalue weighted by Crippen LogP contribution is 2.31. The van der Waals surface area contributed by atoms with Gasteiger partial charge >= 0.3 is 5.97 Å². The minimum Gasteiger partial charge on any atom is -0.493 e. The van der Waals surface area contributed by atoms with Crippen molar-refractivity contribution >= 4 is 11.9 Å². The number of aliphatic carboxylic acids is 1. The van der Waals surface area contributed by atoms with Crippen LogP contribution in [-0.2, 0) is 11.2 Å². The van der Waals surface area contributed by atoms with E-state index in [4.69, 9.17) is 13.9 Å². The van der Waals surface area contributed by atoms with Crippen molar-refractivity contribution in [2.45, 2.75) is 32.2 Å². The lowest BCUT2D eigenvalue weighted by Gasteiger charge is -2.19. The third-order valence-electron chi connectivity index (χ3n) is 3.96. The van der Waals surface area contributed by atoms with E-state index in [1.165, 1.54) is 20.5 Å². The molecule has 1 heterocycles. The van der Waals surface area contributed by atoms with Gasteiger partial charge in [-0.15, -0.1) is 0 Å². The maximum Gasteiger partial charge on any atom is 0.305 e. The normalized spacial score (nSPS) is 11.7. The van der Waals surface area contributed by atoms with E-state index in [0.29, 0.717) is 34.8 Å². The molecule has 1 amide bonds. The summed E-state index contributed by atoms with van der Waals surface area (Å²) in [7, 11) is 3.01. The molecule has 7 heteroatoms. The number of benzene rings is 1. The van der Waals surface area contributed by atoms with Crippen LogP contribution in [0, 0.1) is 0 Å². The highest BCUT2D eigenvalue weighted by Gasteiger charge is 2.22. The molecular formula is C19H23NO6. The number of carboxylic acids is 1. The fourth-order valence-electron chi connectivity index (χ4n) is 2.70. The van der Waals surface area contributed by atoms with Gasteiger partial charge in [-0.1, -0.05) is 13.0 Å². The minimum atomic E-state index is -1.02. The second-order valence-electron chi connectivity index (χ2n) is 5.75. The number of methoxy groups -OCH3 is 2. The zero-order valence-electron chi connectivity index (χ0n) is 15.1. The number of rotatable bonds is 9. The van der Waals surface area contributed by atoms with Crippen molar-refractivity contribution in [3.63, 3.8) is 0 Å². The van der Waals surface area contributed by atoms with E-state index in [1.807, 2.05) is 6.92 Å². The summed E-state index contributed by atoms with van der Waals surface area (Å²) in [6.07, 6.45) is 2.67. The Labute approximate surface area is 151 Å². The summed E-state index contributed by atoms with van der Waals surface area (Å²) in [6, 6.07) is 5.92. The van der Waals surface area contributed by atoms with Crippen LogP contribution in [0.5, 0.6) is 11.5 Å². The summed E-state index contributed by atoms with van der Waals surface area (Å²) in [4.78, 5) is 23.9. The van der Waals surface area contributed by atoms with Gasteiger partial charge in [0, 0.05) is 6.42 Å². The summed E-state index contributed by atoms with van der Waals surface area (Å²) < 4.78 is 15.8. The van der Waals surface area contributed by atoms with Gasteiger partial charge < -0.3 is 24.3 Å². The first-order valence-electron chi connectivity index (χ1n) is 8.31. The number of carboxylic acid groups (broad SMARTS) is 1. The van der Waals surface area contributed by atoms with Gasteiger partial charge in [0.2, 0.25) is 0 Å². The Hall–Kier alpha value is -2.96. The van der Waals surface area contributed by atoms with E-state index in [0.717, 1.165) is 6.42 Å². The van der Waals surface area contributed by atoms with Crippen LogP contribution < -0.4 is 14.8 Å². The highest BCUT2D eigenvalue weighted by atomic mass is 16.5. The zero-order chi connectivity index (χ0) is 19.1. The van der Waals surface area contributed by atoms with Gasteiger partial charge in [0.25, 0.3) is 5.91 Å². The Morgan fingerprint density at radius 2 is 1.92 bits per heavy atom. The first-order chi connectivity index (χ1) is 12.5. The van der Waals surface area contributed by atoms with Gasteiger partial charge in [-0.2, -0.15) is 0 Å². The first-order valence-corrected chi connectivity index (χ1v) is 8.31. The van der Waals surface area contributed by atoms with E-state index < -0.39 is 12.0 Å². The maximum atomic E-state index is 12.6. The molecule has 0 spiro atoms. The maximum absolute atomic E-state index is 12.6. The number of furan rings is 1. The van der Waals surface area contributed by atoms with Gasteiger partial charge in [0.05, 0.1) is 38.5 Å². The van der Waals surface area contributed by atoms with Crippen LogP contribution in [-0.4, -0.2) is 31.2 Å². The number of ether oxygens (including phenoxy) is 2. The molecule has 0 radical (unpaired) electrons. The summed E-state index contributed by atoms with van der Waals surface area (Å²) in [6.45, 7) is 1.99. The lowest BCUT2D eigenvalue weighted by Crippen LogP contribution is -2.30. The highest BCUT2D eigenvalue weighted by molar-refractivity contribution is 5.95. The molecule has 140 valence electrons. The molecule has 0 aliphatic rings. The molecule has 7 nitrogen and oxygen atoms in total. The Morgan fingerprint density at radius 1 is 1.19 bits per heavy atom. The van der Waals surface area contributed by atoms with Crippen molar-refractivity contribution in [1.29, 1.82) is 0 Å². The van der Waals surface area contributed by atoms with E-state index in [9.17, 15) is 14.7 Å². The predicted molar refractivity (Wildman–Crippen MR) is 94.7 cm³/mol. The molecule has 0 aliphatic heterocycles. The molecule has 2 aromatic rings. The molecule has 1 aromatic carbocycles. The number of aryl methyl sites for hydroxylation is 1. The average molecular weight is 361 g/mol. The zero-order valence-corrected chi connectivity index (χ0v) is 15.1. The number of hydrogen-bond donors (Lipinski definition) is 2. The predicted octanol–water partition coefficient (Wildman–Crippen LogP) is 3.20. The monoisotopic (exact) mass is 361 g/mol. The number of carbonyl (C=O) groups excluding carboxylic acids is 1. The van der Waals surface area contributed by atoms with Crippen LogP contribution in [0.3, 0.4) is 0 Å². The van der Waals surface area contributed by atoms with E-state index in [-0.39, 0.29) is 12.3 Å². The molecule has 0 saturated carbocycles. The largest absolute Gasteiger partial charge is 0.493 e. The van der Waals surface area contributed by atoms with Crippen LogP contribution >= 0.6 is 0 Å². The SMILES string of the molecule is CCCc1occc1C(=O)NC(CC(=O)O)c1ccc(OC)c(OC)c1. The summed E-state index contributed by atoms with van der Waals surface area (Å²) in [5, 5.41) is 12.0. The van der Waals surface area contributed by atoms with Gasteiger partial charge in [0.1, 0.15) is 5.76 Å². The molecule has 2 N–H and O–H groups in total. The Kier molecular flexibility index (Phi) is 6.66. The quantitative estimate of drug-likeness (QED) is 0.712. The minimum absolute atomic E-state index is 0.262. The van der Waals surface area contributed by atoms with Crippen molar-refractivity contribution in [2.24, 2.45) is 0 Å². The standard InChI is InChI=1S/C19H23NO6/c1-4-5-15-13(8-9-26-15)19(23)20-14(11-18(21)22)12-6-7-16(24-2)17(10-12)25-3/h6-10,14H,4-5,11H2,1-3H3,(H,20,23)(H,21,22). The third kappa shape index (κ3) is 4.56. The molecule has 0 fully saturated rings. The molecular weight excluding hydrogens is 338 g/mol. The average Bonchev–Trinajstić information content (AvgIpc) is 3.09. The van der Waals surface area contributed by atoms with Crippen molar-refractivity contribution in [3.8, 4) is 11.5 Å². The summed E-state index contributed by atoms with van der Waals surface area (Å²) in [5.41, 5.74) is 1.03. The molecule has 26 heavy (non-hydrogen) atoms. The van der Waals surface area contributed by atoms with Crippen molar-refractivity contribution in [1.82, 2.24) is 5.32 Å². The smallest absolute Gasteiger partial charge is 0.305 e. The van der Waals surface area contributed by atoms with Crippen LogP contribution in [0.4, 0.5) is 0 Å². The van der Waals surface area contributed by atoms with Gasteiger partial charge in [-0.25, -0.2) is 0 Å². The van der Waals surface area contributed by atoms with Gasteiger partial charge in [-0.3, -0.25) is 9.59 Å². The number of hydrogen-bond acceptors (Lipinski definition) is 5. The van der Waals surface area contributed by atoms with Crippen LogP contribution in [0.2, 0.25) is 0 Å². The molecule has 1 aromatic heterocycles. The lowest BCUT2D eigenvalue weighted by molar-refractivity contribution is -0.137. The van der Waals surface area contributed by atoms with Crippen molar-refractivity contribution < 1.29 is 28.6 Å². The molecule has 0 aliphatic carbocycles. The molecule has 1 atom stereocenters. The molecule has 0 bridgehead atoms. The first kappa shape index (κ1) is 19.4. The van der Waals surface area contributed by atoms with E-state index in [2.05, 4.69) is 5.32 Å². The second-order valence-corrected chi connectivity index (χ2v) is 5.75. The topological polar surface area (TPSA) is 98.0 Å². The van der Waals surface area contributed by atoms with Crippen LogP contribution in [0.15, 0.2) is 34.9 Å². The lowest BCUT2D eigenvalue weighted by atomic mass is 10.0. The van der Waals surface area contributed by atoms with E-state index in [1.54, 1.807) is 24.3 Å². The number of nitrogens with one attached hydrogen (secondary N) is 1. The number of carbonyl (C=O) groups is 2. The Morgan fingerprint density at radius 3 is 2.54 bits per heavy atom. The fraction of sp³-hybridized carbons (Fsp3) is 0.368. The second kappa shape index (κ2) is 8.94. The van der Waals surface area contributed by atoms with Crippen molar-refractivity contribution in [2.75, 3.05) is 14.2 Å². The van der Waals surface area contributed by atoms with E-state index >= 15 is 0 Å². The number of amides is 1. The summed E-state index contributed by atoms with van der Waals surface area (Å²) in [5.74, 6) is 0.182. The molecule has 2 rings (SSSR count). The van der Waals surface area contributed by atoms with Crippen LogP contribution in [0.25, 0.3) is 0 Å². The Bertz CT molecular complexity index is 767. The van der Waals surface area contributed by atoms with Crippen molar-refractivity contribution in [3.05, 3.63) is 47.4 Å². The van der Waals surface area contributed by atoms with Gasteiger partial charge in [0.15, 0.2) is 11.5 Å². The summed E-state index contributed by atoms with van der Waals surface area (Å²) >= 11 is 0. The fourth-order valence-corrected chi connectivity index (χ4v) is 2.70. The molecule has 1 unspecified atom stereocenters. The van der Waals surface area contributed by atoms with Crippen LogP contribution in [0.1, 0.15) is 47.5 Å². The third-order valence-corrected chi connectivity index (χ3v) is 3.96. The molecule has 0 saturated heterocycles. The van der Waals surface area contributed by atoms with Gasteiger partial charge in [-0.05, 0) is 30.2 Å². The Balaban J connectivity index is 2.28.